The fourth-order valence-corrected chi connectivity index (χ4v) is 2.80. The summed E-state index contributed by atoms with van der Waals surface area (Å²) in [6.07, 6.45) is 0.746. The summed E-state index contributed by atoms with van der Waals surface area (Å²) in [6, 6.07) is 7.69. The molecule has 0 unspecified atom stereocenters. The molecule has 3 rings (SSSR count). The Labute approximate surface area is 117 Å². The van der Waals surface area contributed by atoms with Crippen LogP contribution in [0.2, 0.25) is 0 Å². The first-order chi connectivity index (χ1) is 9.69. The number of rotatable bonds is 3. The summed E-state index contributed by atoms with van der Waals surface area (Å²) < 4.78 is 16.0. The Bertz CT molecular complexity index is 677. The van der Waals surface area contributed by atoms with Crippen molar-refractivity contribution in [1.82, 2.24) is 0 Å². The van der Waals surface area contributed by atoms with Gasteiger partial charge < -0.3 is 19.3 Å². The van der Waals surface area contributed by atoms with E-state index < -0.39 is 0 Å². The summed E-state index contributed by atoms with van der Waals surface area (Å²) in [4.78, 5) is 0. The van der Waals surface area contributed by atoms with Crippen LogP contribution in [0.4, 0.5) is 0 Å². The van der Waals surface area contributed by atoms with Gasteiger partial charge in [0.05, 0.1) is 21.3 Å². The summed E-state index contributed by atoms with van der Waals surface area (Å²) in [6.45, 7) is 0. The van der Waals surface area contributed by atoms with Gasteiger partial charge in [0.25, 0.3) is 0 Å². The molecule has 1 N–H and O–H groups in total. The van der Waals surface area contributed by atoms with Crippen LogP contribution in [0.5, 0.6) is 23.0 Å². The van der Waals surface area contributed by atoms with Crippen molar-refractivity contribution in [3.05, 3.63) is 35.4 Å². The lowest BCUT2D eigenvalue weighted by atomic mass is 10.0. The van der Waals surface area contributed by atoms with Crippen LogP contribution < -0.4 is 14.2 Å². The SMILES string of the molecule is COc1ccc2c(c1)Cc1cc(O)c(OC)c(OC)c1-2. The number of ether oxygens (including phenoxy) is 3. The smallest absolute Gasteiger partial charge is 0.203 e. The molecule has 0 bridgehead atoms. The fourth-order valence-electron chi connectivity index (χ4n) is 2.80. The van der Waals surface area contributed by atoms with E-state index in [2.05, 4.69) is 0 Å². The number of fused-ring (bicyclic) bond motifs is 3. The van der Waals surface area contributed by atoms with E-state index in [4.69, 9.17) is 14.2 Å². The molecule has 1 aliphatic carbocycles. The molecule has 2 aromatic rings. The summed E-state index contributed by atoms with van der Waals surface area (Å²) in [5.74, 6) is 1.87. The highest BCUT2D eigenvalue weighted by molar-refractivity contribution is 5.86. The van der Waals surface area contributed by atoms with E-state index in [1.165, 1.54) is 7.11 Å². The Morgan fingerprint density at radius 1 is 0.900 bits per heavy atom. The van der Waals surface area contributed by atoms with Crippen LogP contribution in [-0.2, 0) is 6.42 Å². The first kappa shape index (κ1) is 12.7. The fraction of sp³-hybridized carbons (Fsp3) is 0.250. The molecule has 0 spiro atoms. The number of phenols is 1. The molecule has 20 heavy (non-hydrogen) atoms. The predicted molar refractivity (Wildman–Crippen MR) is 76.0 cm³/mol. The average molecular weight is 272 g/mol. The minimum atomic E-state index is 0.0999. The third-order valence-corrected chi connectivity index (χ3v) is 3.67. The second-order valence-corrected chi connectivity index (χ2v) is 4.70. The van der Waals surface area contributed by atoms with Crippen molar-refractivity contribution in [1.29, 1.82) is 0 Å². The third-order valence-electron chi connectivity index (χ3n) is 3.67. The van der Waals surface area contributed by atoms with Gasteiger partial charge in [-0.2, -0.15) is 0 Å². The predicted octanol–water partition coefficient (Wildman–Crippen LogP) is 2.99. The third kappa shape index (κ3) is 1.68. The summed E-state index contributed by atoms with van der Waals surface area (Å²) in [5.41, 5.74) is 4.27. The van der Waals surface area contributed by atoms with E-state index in [9.17, 15) is 5.11 Å². The topological polar surface area (TPSA) is 47.9 Å². The number of benzene rings is 2. The van der Waals surface area contributed by atoms with E-state index in [1.54, 1.807) is 20.3 Å². The summed E-state index contributed by atoms with van der Waals surface area (Å²) in [7, 11) is 4.76. The molecule has 2 aromatic carbocycles. The van der Waals surface area contributed by atoms with Gasteiger partial charge in [-0.15, -0.1) is 0 Å². The van der Waals surface area contributed by atoms with Gasteiger partial charge in [0.2, 0.25) is 5.75 Å². The number of hydrogen-bond donors (Lipinski definition) is 1. The zero-order valence-corrected chi connectivity index (χ0v) is 11.7. The van der Waals surface area contributed by atoms with E-state index in [0.717, 1.165) is 34.4 Å². The highest BCUT2D eigenvalue weighted by Gasteiger charge is 2.27. The molecule has 4 heteroatoms. The van der Waals surface area contributed by atoms with Crippen LogP contribution in [0.3, 0.4) is 0 Å². The lowest BCUT2D eigenvalue weighted by Gasteiger charge is -2.14. The van der Waals surface area contributed by atoms with E-state index >= 15 is 0 Å². The van der Waals surface area contributed by atoms with Gasteiger partial charge in [-0.05, 0) is 41.3 Å². The molecule has 4 nitrogen and oxygen atoms in total. The summed E-state index contributed by atoms with van der Waals surface area (Å²) in [5, 5.41) is 10.0. The van der Waals surface area contributed by atoms with Crippen LogP contribution in [0.25, 0.3) is 11.1 Å². The van der Waals surface area contributed by atoms with E-state index in [-0.39, 0.29) is 5.75 Å². The monoisotopic (exact) mass is 272 g/mol. The Balaban J connectivity index is 2.25. The maximum absolute atomic E-state index is 10.0. The molecule has 0 saturated heterocycles. The second-order valence-electron chi connectivity index (χ2n) is 4.70. The highest BCUT2D eigenvalue weighted by atomic mass is 16.5. The molecular formula is C16H16O4. The van der Waals surface area contributed by atoms with Crippen molar-refractivity contribution in [3.8, 4) is 34.1 Å². The molecule has 104 valence electrons. The molecule has 0 atom stereocenters. The maximum Gasteiger partial charge on any atom is 0.203 e. The minimum Gasteiger partial charge on any atom is -0.504 e. The van der Waals surface area contributed by atoms with Gasteiger partial charge >= 0.3 is 0 Å². The number of aromatic hydroxyl groups is 1. The number of phenolic OH excluding ortho intramolecular Hbond substituents is 1. The Morgan fingerprint density at radius 2 is 1.65 bits per heavy atom. The molecule has 0 amide bonds. The van der Waals surface area contributed by atoms with Crippen LogP contribution in [-0.4, -0.2) is 26.4 Å². The van der Waals surface area contributed by atoms with Gasteiger partial charge in [-0.25, -0.2) is 0 Å². The first-order valence-corrected chi connectivity index (χ1v) is 6.33. The standard InChI is InChI=1S/C16H16O4/c1-18-11-4-5-12-9(7-11)6-10-8-13(17)15(19-2)16(20-3)14(10)12/h4-5,7-8,17H,6H2,1-3H3. The van der Waals surface area contributed by atoms with Crippen LogP contribution in [0, 0.1) is 0 Å². The molecule has 0 fully saturated rings. The van der Waals surface area contributed by atoms with Gasteiger partial charge in [-0.3, -0.25) is 0 Å². The van der Waals surface area contributed by atoms with Crippen molar-refractivity contribution >= 4 is 0 Å². The highest BCUT2D eigenvalue weighted by Crippen LogP contribution is 2.51. The molecule has 0 radical (unpaired) electrons. The molecular weight excluding hydrogens is 256 g/mol. The lowest BCUT2D eigenvalue weighted by molar-refractivity contribution is 0.334. The Hall–Kier alpha value is -2.36. The van der Waals surface area contributed by atoms with Crippen LogP contribution >= 0.6 is 0 Å². The van der Waals surface area contributed by atoms with Crippen LogP contribution in [0.1, 0.15) is 11.1 Å². The van der Waals surface area contributed by atoms with Gasteiger partial charge in [0.1, 0.15) is 5.75 Å². The van der Waals surface area contributed by atoms with Crippen molar-refractivity contribution in [3.63, 3.8) is 0 Å². The van der Waals surface area contributed by atoms with Crippen LogP contribution in [0.15, 0.2) is 24.3 Å². The Morgan fingerprint density at radius 3 is 2.30 bits per heavy atom. The van der Waals surface area contributed by atoms with Gasteiger partial charge in [-0.1, -0.05) is 6.07 Å². The van der Waals surface area contributed by atoms with Crippen molar-refractivity contribution in [2.75, 3.05) is 21.3 Å². The first-order valence-electron chi connectivity index (χ1n) is 6.33. The Kier molecular flexibility index (Phi) is 2.93. The van der Waals surface area contributed by atoms with E-state index in [0.29, 0.717) is 11.5 Å². The molecule has 0 heterocycles. The normalized spacial score (nSPS) is 11.8. The lowest BCUT2D eigenvalue weighted by Crippen LogP contribution is -1.94. The second kappa shape index (κ2) is 4.63. The van der Waals surface area contributed by atoms with E-state index in [1.807, 2.05) is 18.2 Å². The van der Waals surface area contributed by atoms with Gasteiger partial charge in [0, 0.05) is 5.56 Å². The number of hydrogen-bond acceptors (Lipinski definition) is 4. The zero-order chi connectivity index (χ0) is 14.3. The van der Waals surface area contributed by atoms with Gasteiger partial charge in [0.15, 0.2) is 11.5 Å². The quantitative estimate of drug-likeness (QED) is 0.796. The van der Waals surface area contributed by atoms with Crippen molar-refractivity contribution < 1.29 is 19.3 Å². The molecule has 0 aliphatic heterocycles. The van der Waals surface area contributed by atoms with Crippen molar-refractivity contribution in [2.24, 2.45) is 0 Å². The molecule has 1 aliphatic rings. The summed E-state index contributed by atoms with van der Waals surface area (Å²) >= 11 is 0. The number of methoxy groups -OCH3 is 3. The zero-order valence-electron chi connectivity index (χ0n) is 11.7. The maximum atomic E-state index is 10.0. The molecule has 0 aromatic heterocycles. The average Bonchev–Trinajstić information content (AvgIpc) is 2.82. The largest absolute Gasteiger partial charge is 0.504 e. The molecule has 0 saturated carbocycles. The minimum absolute atomic E-state index is 0.0999. The van der Waals surface area contributed by atoms with Crippen molar-refractivity contribution in [2.45, 2.75) is 6.42 Å².